The smallest absolute Gasteiger partial charge is 0.365 e. The fourth-order valence-electron chi connectivity index (χ4n) is 2.83. The summed E-state index contributed by atoms with van der Waals surface area (Å²) in [5.41, 5.74) is 0.0235. The van der Waals surface area contributed by atoms with Crippen LogP contribution < -0.4 is 14.9 Å². The second-order valence-corrected chi connectivity index (χ2v) is 11.5. The number of aromatic nitrogens is 3. The molecule has 2 heterocycles. The van der Waals surface area contributed by atoms with E-state index in [4.69, 9.17) is 0 Å². The monoisotopic (exact) mass is 530 g/mol. The molecule has 0 atom stereocenters. The van der Waals surface area contributed by atoms with Crippen LogP contribution in [0.3, 0.4) is 0 Å². The molecule has 0 aliphatic carbocycles. The Kier molecular flexibility index (Phi) is 7.21. The van der Waals surface area contributed by atoms with Crippen molar-refractivity contribution < 1.29 is 30.0 Å². The van der Waals surface area contributed by atoms with Gasteiger partial charge in [-0.1, -0.05) is 12.1 Å². The lowest BCUT2D eigenvalue weighted by atomic mass is 10.2. The predicted molar refractivity (Wildman–Crippen MR) is 125 cm³/mol. The Morgan fingerprint density at radius 3 is 2.29 bits per heavy atom. The van der Waals surface area contributed by atoms with Gasteiger partial charge in [0, 0.05) is 26.0 Å². The number of nitrogens with one attached hydrogen (secondary N) is 2. The van der Waals surface area contributed by atoms with Crippen LogP contribution >= 0.6 is 0 Å². The molecular formula is C20H21F3N6O4S2. The van der Waals surface area contributed by atoms with E-state index in [1.165, 1.54) is 31.4 Å². The first-order valence-electron chi connectivity index (χ1n) is 9.78. The number of nitrogens with zero attached hydrogens (tertiary/aromatic N) is 4. The average molecular weight is 531 g/mol. The van der Waals surface area contributed by atoms with Crippen molar-refractivity contribution in [2.45, 2.75) is 17.7 Å². The maximum atomic E-state index is 13.5. The molecule has 0 spiro atoms. The summed E-state index contributed by atoms with van der Waals surface area (Å²) in [6, 6.07) is 8.90. The van der Waals surface area contributed by atoms with Gasteiger partial charge < -0.3 is 10.6 Å². The topological polar surface area (TPSA) is 134 Å². The van der Waals surface area contributed by atoms with E-state index < -0.39 is 37.4 Å². The van der Waals surface area contributed by atoms with Crippen LogP contribution in [0.5, 0.6) is 0 Å². The minimum Gasteiger partial charge on any atom is -0.365 e. The Labute approximate surface area is 200 Å². The fraction of sp³-hybridized carbons (Fsp3) is 0.250. The molecule has 0 amide bonds. The summed E-state index contributed by atoms with van der Waals surface area (Å²) in [6.45, 7) is -0.0877. The van der Waals surface area contributed by atoms with Crippen LogP contribution in [0.2, 0.25) is 0 Å². The number of hydrogen-bond donors (Lipinski definition) is 2. The van der Waals surface area contributed by atoms with E-state index in [0.717, 1.165) is 16.8 Å². The van der Waals surface area contributed by atoms with E-state index in [9.17, 15) is 30.0 Å². The Hall–Kier alpha value is -3.46. The van der Waals surface area contributed by atoms with Crippen molar-refractivity contribution in [1.29, 1.82) is 0 Å². The first kappa shape index (κ1) is 26.2. The number of benzene rings is 1. The highest BCUT2D eigenvalue weighted by atomic mass is 32.2. The third-order valence-corrected chi connectivity index (χ3v) is 6.91. The van der Waals surface area contributed by atoms with E-state index >= 15 is 0 Å². The normalized spacial score (nSPS) is 12.3. The van der Waals surface area contributed by atoms with Gasteiger partial charge in [-0.05, 0) is 29.8 Å². The van der Waals surface area contributed by atoms with Gasteiger partial charge in [0.15, 0.2) is 14.9 Å². The highest BCUT2D eigenvalue weighted by Crippen LogP contribution is 2.34. The van der Waals surface area contributed by atoms with Crippen molar-refractivity contribution in [3.05, 3.63) is 59.9 Å². The Morgan fingerprint density at radius 2 is 1.71 bits per heavy atom. The number of anilines is 4. The van der Waals surface area contributed by atoms with Crippen LogP contribution in [0.1, 0.15) is 11.1 Å². The molecule has 188 valence electrons. The zero-order chi connectivity index (χ0) is 26.0. The second-order valence-electron chi connectivity index (χ2n) is 7.49. The largest absolute Gasteiger partial charge is 0.421 e. The molecule has 0 bridgehead atoms. The van der Waals surface area contributed by atoms with Crippen molar-refractivity contribution in [3.8, 4) is 0 Å². The van der Waals surface area contributed by atoms with E-state index in [-0.39, 0.29) is 23.2 Å². The number of sulfone groups is 1. The lowest BCUT2D eigenvalue weighted by Crippen LogP contribution is -2.24. The maximum Gasteiger partial charge on any atom is 0.421 e. The van der Waals surface area contributed by atoms with Gasteiger partial charge in [-0.2, -0.15) is 18.2 Å². The fourth-order valence-corrected chi connectivity index (χ4v) is 3.88. The summed E-state index contributed by atoms with van der Waals surface area (Å²) in [4.78, 5) is 11.4. The standard InChI is InChI=1S/C20H21F3N6O4S2/c1-29(35(3,32)33)15-6-4-5-13(9-15)10-25-18-16(20(21,22)23)12-26-19(28-18)27-14-7-8-17(24-11-14)34(2,30)31/h4-9,11-12H,10H2,1-3H3,(H2,25,26,27,28). The molecular weight excluding hydrogens is 509 g/mol. The van der Waals surface area contributed by atoms with Crippen LogP contribution in [0.25, 0.3) is 0 Å². The van der Waals surface area contributed by atoms with Gasteiger partial charge in [-0.3, -0.25) is 4.31 Å². The minimum atomic E-state index is -4.74. The number of pyridine rings is 1. The van der Waals surface area contributed by atoms with Crippen LogP contribution in [0, 0.1) is 0 Å². The lowest BCUT2D eigenvalue weighted by molar-refractivity contribution is -0.137. The van der Waals surface area contributed by atoms with Crippen molar-refractivity contribution in [3.63, 3.8) is 0 Å². The van der Waals surface area contributed by atoms with Crippen molar-refractivity contribution >= 4 is 43.0 Å². The third kappa shape index (κ3) is 6.79. The molecule has 2 N–H and O–H groups in total. The number of sulfonamides is 1. The summed E-state index contributed by atoms with van der Waals surface area (Å²) in [6.07, 6.45) is -0.905. The highest BCUT2D eigenvalue weighted by Gasteiger charge is 2.35. The summed E-state index contributed by atoms with van der Waals surface area (Å²) in [5, 5.41) is 5.14. The molecule has 35 heavy (non-hydrogen) atoms. The van der Waals surface area contributed by atoms with Crippen LogP contribution in [0.15, 0.2) is 53.8 Å². The summed E-state index contributed by atoms with van der Waals surface area (Å²) >= 11 is 0. The van der Waals surface area contributed by atoms with Gasteiger partial charge >= 0.3 is 6.18 Å². The Balaban J connectivity index is 1.85. The van der Waals surface area contributed by atoms with Gasteiger partial charge in [0.05, 0.1) is 23.8 Å². The summed E-state index contributed by atoms with van der Waals surface area (Å²) in [7, 11) is -5.66. The van der Waals surface area contributed by atoms with Crippen molar-refractivity contribution in [2.75, 3.05) is 34.5 Å². The number of alkyl halides is 3. The number of halogens is 3. The molecule has 3 rings (SSSR count). The molecule has 0 saturated heterocycles. The molecule has 0 radical (unpaired) electrons. The van der Waals surface area contributed by atoms with Gasteiger partial charge in [-0.15, -0.1) is 0 Å². The van der Waals surface area contributed by atoms with Gasteiger partial charge in [0.2, 0.25) is 16.0 Å². The predicted octanol–water partition coefficient (Wildman–Crippen LogP) is 3.05. The maximum absolute atomic E-state index is 13.5. The average Bonchev–Trinajstić information content (AvgIpc) is 2.76. The second kappa shape index (κ2) is 9.65. The lowest BCUT2D eigenvalue weighted by Gasteiger charge is -2.18. The van der Waals surface area contributed by atoms with E-state index in [2.05, 4.69) is 25.6 Å². The minimum absolute atomic E-state index is 0.0877. The zero-order valence-electron chi connectivity index (χ0n) is 18.7. The van der Waals surface area contributed by atoms with Gasteiger partial charge in [0.1, 0.15) is 11.4 Å². The number of rotatable bonds is 8. The van der Waals surface area contributed by atoms with Gasteiger partial charge in [-0.25, -0.2) is 26.8 Å². The summed E-state index contributed by atoms with van der Waals surface area (Å²) in [5.74, 6) is -0.683. The van der Waals surface area contributed by atoms with E-state index in [0.29, 0.717) is 17.4 Å². The molecule has 0 fully saturated rings. The van der Waals surface area contributed by atoms with E-state index in [1.54, 1.807) is 18.2 Å². The quantitative estimate of drug-likeness (QED) is 0.451. The molecule has 1 aromatic carbocycles. The third-order valence-electron chi connectivity index (χ3n) is 4.70. The van der Waals surface area contributed by atoms with Gasteiger partial charge in [0.25, 0.3) is 0 Å². The highest BCUT2D eigenvalue weighted by molar-refractivity contribution is 7.92. The zero-order valence-corrected chi connectivity index (χ0v) is 20.3. The molecule has 0 saturated carbocycles. The van der Waals surface area contributed by atoms with Crippen LogP contribution in [0.4, 0.5) is 36.3 Å². The Bertz CT molecular complexity index is 1430. The molecule has 15 heteroatoms. The van der Waals surface area contributed by atoms with E-state index in [1.807, 2.05) is 0 Å². The molecule has 3 aromatic rings. The number of hydrogen-bond acceptors (Lipinski definition) is 9. The van der Waals surface area contributed by atoms with Crippen LogP contribution in [-0.4, -0.2) is 51.3 Å². The Morgan fingerprint density at radius 1 is 1.00 bits per heavy atom. The van der Waals surface area contributed by atoms with Crippen molar-refractivity contribution in [2.24, 2.45) is 0 Å². The summed E-state index contributed by atoms with van der Waals surface area (Å²) < 4.78 is 88.1. The molecule has 0 aliphatic rings. The first-order valence-corrected chi connectivity index (χ1v) is 13.5. The SMILES string of the molecule is CN(c1cccc(CNc2nc(Nc3ccc(S(C)(=O)=O)nc3)ncc2C(F)(F)F)c1)S(C)(=O)=O. The first-order chi connectivity index (χ1) is 16.1. The molecule has 0 aliphatic heterocycles. The van der Waals surface area contributed by atoms with Crippen LogP contribution in [-0.2, 0) is 32.6 Å². The molecule has 2 aromatic heterocycles. The molecule has 0 unspecified atom stereocenters. The molecule has 10 nitrogen and oxygen atoms in total. The van der Waals surface area contributed by atoms with Crippen molar-refractivity contribution in [1.82, 2.24) is 15.0 Å².